The molecule has 0 spiro atoms. The van der Waals surface area contributed by atoms with E-state index in [0.717, 1.165) is 16.2 Å². The summed E-state index contributed by atoms with van der Waals surface area (Å²) in [5, 5.41) is 19.3. The fraction of sp³-hybridized carbons (Fsp3) is 0.375. The van der Waals surface area contributed by atoms with Crippen molar-refractivity contribution >= 4 is 58.1 Å². The lowest BCUT2D eigenvalue weighted by Crippen LogP contribution is -2.71. The number of aromatic nitrogens is 1. The maximum Gasteiger partial charge on any atom is 0.352 e. The molecule has 3 heterocycles. The van der Waals surface area contributed by atoms with Crippen molar-refractivity contribution in [3.8, 4) is 0 Å². The van der Waals surface area contributed by atoms with Crippen LogP contribution in [0.15, 0.2) is 21.8 Å². The highest BCUT2D eigenvalue weighted by Crippen LogP contribution is 2.40. The van der Waals surface area contributed by atoms with E-state index in [-0.39, 0.29) is 28.8 Å². The fourth-order valence-corrected chi connectivity index (χ4v) is 4.96. The number of carboxylic acid groups (broad SMARTS) is 1. The molecule has 2 aliphatic heterocycles. The van der Waals surface area contributed by atoms with Crippen LogP contribution in [-0.2, 0) is 28.8 Å². The molecule has 0 radical (unpaired) electrons. The summed E-state index contributed by atoms with van der Waals surface area (Å²) >= 11 is 2.40. The van der Waals surface area contributed by atoms with E-state index in [9.17, 15) is 24.3 Å². The van der Waals surface area contributed by atoms with E-state index >= 15 is 0 Å². The Morgan fingerprint density at radius 1 is 1.47 bits per heavy atom. The first kappa shape index (κ1) is 21.7. The van der Waals surface area contributed by atoms with E-state index in [0.29, 0.717) is 17.7 Å². The molecule has 160 valence electrons. The number of carbonyl (C=O) groups excluding carboxylic acids is 3. The lowest BCUT2D eigenvalue weighted by Gasteiger charge is -2.49. The Morgan fingerprint density at radius 2 is 2.23 bits per heavy atom. The summed E-state index contributed by atoms with van der Waals surface area (Å²) in [5.41, 5.74) is 0.334. The van der Waals surface area contributed by atoms with Crippen molar-refractivity contribution < 1.29 is 33.9 Å². The van der Waals surface area contributed by atoms with Crippen molar-refractivity contribution in [3.05, 3.63) is 22.3 Å². The molecule has 1 aromatic heterocycles. The molecule has 14 heteroatoms. The molecular formula is C16H17N5O7S2. The highest BCUT2D eigenvalue weighted by molar-refractivity contribution is 8.00. The van der Waals surface area contributed by atoms with Gasteiger partial charge in [-0.05, 0) is 5.57 Å². The molecule has 3 rings (SSSR count). The Kier molecular flexibility index (Phi) is 6.69. The van der Waals surface area contributed by atoms with Crippen molar-refractivity contribution in [1.82, 2.24) is 15.2 Å². The van der Waals surface area contributed by atoms with Gasteiger partial charge in [-0.1, -0.05) is 5.16 Å². The maximum absolute atomic E-state index is 12.7. The predicted molar refractivity (Wildman–Crippen MR) is 107 cm³/mol. The maximum atomic E-state index is 12.7. The zero-order valence-electron chi connectivity index (χ0n) is 15.8. The molecule has 1 aromatic rings. The quantitative estimate of drug-likeness (QED) is 0.192. The minimum Gasteiger partial charge on any atom is -0.477 e. The summed E-state index contributed by atoms with van der Waals surface area (Å²) in [6, 6.07) is -0.936. The molecule has 0 aromatic carbocycles. The van der Waals surface area contributed by atoms with Crippen LogP contribution in [0.3, 0.4) is 0 Å². The number of hydrogen-bond acceptors (Lipinski definition) is 10. The van der Waals surface area contributed by atoms with E-state index in [2.05, 4.69) is 20.8 Å². The van der Waals surface area contributed by atoms with Crippen LogP contribution in [0.4, 0.5) is 5.13 Å². The predicted octanol–water partition coefficient (Wildman–Crippen LogP) is -0.553. The van der Waals surface area contributed by atoms with Gasteiger partial charge in [0.1, 0.15) is 29.9 Å². The molecule has 3 amide bonds. The second kappa shape index (κ2) is 9.23. The minimum atomic E-state index is -1.23. The number of amides is 3. The number of carbonyl (C=O) groups is 4. The molecule has 0 saturated carbocycles. The molecule has 2 atom stereocenters. The van der Waals surface area contributed by atoms with Gasteiger partial charge in [0.05, 0.1) is 6.61 Å². The van der Waals surface area contributed by atoms with Gasteiger partial charge in [0.15, 0.2) is 10.8 Å². The molecule has 0 bridgehead atoms. The van der Waals surface area contributed by atoms with Crippen LogP contribution < -0.4 is 10.6 Å². The Labute approximate surface area is 178 Å². The average molecular weight is 455 g/mol. The SMILES string of the molecule is COCC1=C(C(=O)O)N2C(=O)C(NC(=O)/C(=N/OC)c3csc(NC=O)n3)C2SC1. The van der Waals surface area contributed by atoms with Gasteiger partial charge in [0.25, 0.3) is 11.8 Å². The Bertz CT molecular complexity index is 944. The Morgan fingerprint density at radius 3 is 2.87 bits per heavy atom. The molecule has 30 heavy (non-hydrogen) atoms. The van der Waals surface area contributed by atoms with Gasteiger partial charge in [-0.2, -0.15) is 0 Å². The van der Waals surface area contributed by atoms with Gasteiger partial charge in [0.2, 0.25) is 6.41 Å². The number of hydrogen-bond donors (Lipinski definition) is 3. The third-order valence-corrected chi connectivity index (χ3v) is 6.29. The number of thioether (sulfide) groups is 1. The number of carboxylic acids is 1. The number of fused-ring (bicyclic) bond motifs is 1. The number of β-lactam (4-membered cyclic amide) rings is 1. The van der Waals surface area contributed by atoms with Crippen molar-refractivity contribution in [3.63, 3.8) is 0 Å². The number of oxime groups is 1. The van der Waals surface area contributed by atoms with Crippen molar-refractivity contribution in [2.75, 3.05) is 31.9 Å². The van der Waals surface area contributed by atoms with E-state index in [4.69, 9.17) is 9.57 Å². The lowest BCUT2D eigenvalue weighted by molar-refractivity contribution is -0.150. The average Bonchev–Trinajstić information content (AvgIpc) is 3.18. The number of ether oxygens (including phenoxy) is 1. The molecule has 3 N–H and O–H groups in total. The molecule has 12 nitrogen and oxygen atoms in total. The monoisotopic (exact) mass is 455 g/mol. The number of nitrogens with zero attached hydrogens (tertiary/aromatic N) is 3. The van der Waals surface area contributed by atoms with Gasteiger partial charge in [-0.15, -0.1) is 23.1 Å². The molecule has 1 saturated heterocycles. The van der Waals surface area contributed by atoms with Gasteiger partial charge in [-0.25, -0.2) is 9.78 Å². The van der Waals surface area contributed by atoms with Crippen LogP contribution in [0.5, 0.6) is 0 Å². The first-order valence-electron chi connectivity index (χ1n) is 8.40. The molecule has 1 fully saturated rings. The molecule has 2 unspecified atom stereocenters. The van der Waals surface area contributed by atoms with Gasteiger partial charge < -0.3 is 25.3 Å². The summed E-state index contributed by atoms with van der Waals surface area (Å²) < 4.78 is 5.02. The Hall–Kier alpha value is -2.97. The van der Waals surface area contributed by atoms with E-state index in [1.165, 1.54) is 31.4 Å². The summed E-state index contributed by atoms with van der Waals surface area (Å²) in [6.07, 6.45) is 0.448. The zero-order valence-corrected chi connectivity index (χ0v) is 17.4. The lowest BCUT2D eigenvalue weighted by atomic mass is 10.0. The molecule has 0 aliphatic carbocycles. The standard InChI is InChI=1S/C16H17N5O7S2/c1-27-3-7-4-29-14-10(13(24)21(14)11(7)15(25)26)19-12(23)9(20-28-2)8-5-30-16(18-8)17-6-22/h5-6,10,14H,3-4H2,1-2H3,(H,19,23)(H,25,26)(H,17,18,22)/b20-9+. The van der Waals surface area contributed by atoms with Crippen LogP contribution in [0.2, 0.25) is 0 Å². The van der Waals surface area contributed by atoms with Crippen LogP contribution in [-0.4, -0.2) is 82.9 Å². The van der Waals surface area contributed by atoms with E-state index in [1.807, 2.05) is 0 Å². The van der Waals surface area contributed by atoms with Gasteiger partial charge in [-0.3, -0.25) is 19.3 Å². The van der Waals surface area contributed by atoms with Gasteiger partial charge >= 0.3 is 5.97 Å². The van der Waals surface area contributed by atoms with Crippen molar-refractivity contribution in [1.29, 1.82) is 0 Å². The summed E-state index contributed by atoms with van der Waals surface area (Å²) in [5.74, 6) is -2.15. The summed E-state index contributed by atoms with van der Waals surface area (Å²) in [7, 11) is 2.69. The van der Waals surface area contributed by atoms with Crippen LogP contribution >= 0.6 is 23.1 Å². The highest BCUT2D eigenvalue weighted by Gasteiger charge is 2.54. The number of thiazole rings is 1. The minimum absolute atomic E-state index is 0.0911. The van der Waals surface area contributed by atoms with Crippen molar-refractivity contribution in [2.45, 2.75) is 11.4 Å². The number of aliphatic carboxylic acids is 1. The smallest absolute Gasteiger partial charge is 0.352 e. The Balaban J connectivity index is 1.77. The highest BCUT2D eigenvalue weighted by atomic mass is 32.2. The first-order chi connectivity index (χ1) is 14.4. The molecular weight excluding hydrogens is 438 g/mol. The largest absolute Gasteiger partial charge is 0.477 e. The number of rotatable bonds is 9. The topological polar surface area (TPSA) is 160 Å². The third-order valence-electron chi connectivity index (χ3n) is 4.18. The summed E-state index contributed by atoms with van der Waals surface area (Å²) in [6.45, 7) is 0.0911. The number of anilines is 1. The normalized spacial score (nSPS) is 20.9. The number of nitrogens with one attached hydrogen (secondary N) is 2. The van der Waals surface area contributed by atoms with Crippen LogP contribution in [0.25, 0.3) is 0 Å². The van der Waals surface area contributed by atoms with Crippen molar-refractivity contribution in [2.24, 2.45) is 5.16 Å². The van der Waals surface area contributed by atoms with Crippen LogP contribution in [0.1, 0.15) is 5.69 Å². The first-order valence-corrected chi connectivity index (χ1v) is 10.3. The van der Waals surface area contributed by atoms with Gasteiger partial charge in [0, 0.05) is 18.2 Å². The zero-order chi connectivity index (χ0) is 21.8. The second-order valence-electron chi connectivity index (χ2n) is 5.97. The number of methoxy groups -OCH3 is 1. The second-order valence-corrected chi connectivity index (χ2v) is 7.94. The van der Waals surface area contributed by atoms with Crippen LogP contribution in [0, 0.1) is 0 Å². The summed E-state index contributed by atoms with van der Waals surface area (Å²) in [4.78, 5) is 57.5. The van der Waals surface area contributed by atoms with E-state index < -0.39 is 29.2 Å². The fourth-order valence-electron chi connectivity index (χ4n) is 2.97. The third kappa shape index (κ3) is 4.01. The van der Waals surface area contributed by atoms with E-state index in [1.54, 1.807) is 0 Å². The molecule has 2 aliphatic rings.